The van der Waals surface area contributed by atoms with Crippen LogP contribution >= 0.6 is 0 Å². The molecule has 0 bridgehead atoms. The van der Waals surface area contributed by atoms with Gasteiger partial charge in [-0.15, -0.1) is 0 Å². The van der Waals surface area contributed by atoms with Crippen LogP contribution < -0.4 is 5.73 Å². The number of primary amides is 1. The van der Waals surface area contributed by atoms with E-state index in [1.165, 1.54) is 37.5 Å². The van der Waals surface area contributed by atoms with E-state index >= 15 is 0 Å². The molecule has 37 heavy (non-hydrogen) atoms. The minimum atomic E-state index is -4.35. The number of allylic oxidation sites excluding steroid dienone is 1. The van der Waals surface area contributed by atoms with E-state index in [4.69, 9.17) is 4.74 Å². The second-order valence-corrected chi connectivity index (χ2v) is 9.25. The molecule has 0 radical (unpaired) electrons. The maximum atomic E-state index is 13.1. The topological polar surface area (TPSA) is 69.4 Å². The smallest absolute Gasteiger partial charge is 0.416 e. The molecule has 1 saturated carbocycles. The lowest BCUT2D eigenvalue weighted by molar-refractivity contribution is -0.139. The first-order valence-corrected chi connectivity index (χ1v) is 12.8. The van der Waals surface area contributed by atoms with Crippen LogP contribution in [0.25, 0.3) is 0 Å². The van der Waals surface area contributed by atoms with Gasteiger partial charge >= 0.3 is 12.1 Å². The number of rotatable bonds is 6. The highest BCUT2D eigenvalue weighted by Crippen LogP contribution is 2.41. The Hall–Kier alpha value is -3.09. The number of halogens is 3. The largest absolute Gasteiger partial charge is 0.463 e. The molecule has 0 aromatic heterocycles. The first kappa shape index (κ1) is 31.9. The Bertz CT molecular complexity index is 983. The van der Waals surface area contributed by atoms with Crippen LogP contribution in [-0.4, -0.2) is 18.5 Å². The highest BCUT2D eigenvalue weighted by atomic mass is 19.4. The number of hydrogen-bond acceptors (Lipinski definition) is 3. The van der Waals surface area contributed by atoms with Crippen molar-refractivity contribution in [2.75, 3.05) is 6.61 Å². The molecule has 1 aliphatic carbocycles. The van der Waals surface area contributed by atoms with E-state index in [1.54, 1.807) is 19.1 Å². The van der Waals surface area contributed by atoms with Crippen LogP contribution in [-0.2, 0) is 26.9 Å². The molecule has 4 nitrogen and oxygen atoms in total. The van der Waals surface area contributed by atoms with Crippen molar-refractivity contribution in [2.45, 2.75) is 78.3 Å². The van der Waals surface area contributed by atoms with Crippen LogP contribution in [0.4, 0.5) is 13.2 Å². The molecule has 1 amide bonds. The Morgan fingerprint density at radius 3 is 2.24 bits per heavy atom. The molecule has 7 heteroatoms. The van der Waals surface area contributed by atoms with Crippen LogP contribution in [0.1, 0.15) is 82.4 Å². The highest BCUT2D eigenvalue weighted by Gasteiger charge is 2.35. The lowest BCUT2D eigenvalue weighted by Crippen LogP contribution is -2.15. The van der Waals surface area contributed by atoms with Gasteiger partial charge in [0, 0.05) is 13.0 Å². The standard InChI is InChI=1S/C17H19F3O2.C11H16.C2H5NO/c1-2-22-16(21)11-12-6-5-7-13(10-12)14-8-3-4-9-15(14)17(18,19)20;1-3-10(2)9-11-7-5-4-6-8-11;1-2(3)4/h3-4,8-9,11,13H,2,5-7,10H2,1H3;4-8,10H,3,9H2,1-2H3;1H3,(H2,3,4)/b12-11-;;. The Morgan fingerprint density at radius 1 is 1.08 bits per heavy atom. The molecule has 0 heterocycles. The fourth-order valence-corrected chi connectivity index (χ4v) is 4.12. The number of benzene rings is 2. The number of ether oxygens (including phenoxy) is 1. The van der Waals surface area contributed by atoms with Crippen molar-refractivity contribution >= 4 is 11.9 Å². The fraction of sp³-hybridized carbons (Fsp3) is 0.467. The van der Waals surface area contributed by atoms with E-state index in [9.17, 15) is 22.8 Å². The molecule has 2 aromatic rings. The van der Waals surface area contributed by atoms with Crippen molar-refractivity contribution in [3.8, 4) is 0 Å². The number of nitrogens with two attached hydrogens (primary N) is 1. The van der Waals surface area contributed by atoms with Crippen LogP contribution in [0.3, 0.4) is 0 Å². The molecule has 2 atom stereocenters. The summed E-state index contributed by atoms with van der Waals surface area (Å²) in [5, 5.41) is 0. The first-order valence-electron chi connectivity index (χ1n) is 12.8. The number of carbonyl (C=O) groups excluding carboxylic acids is 2. The molecule has 0 saturated heterocycles. The number of amides is 1. The molecule has 204 valence electrons. The van der Waals surface area contributed by atoms with Crippen molar-refractivity contribution in [3.63, 3.8) is 0 Å². The zero-order valence-electron chi connectivity index (χ0n) is 22.3. The maximum absolute atomic E-state index is 13.1. The van der Waals surface area contributed by atoms with Gasteiger partial charge in [0.05, 0.1) is 12.2 Å². The van der Waals surface area contributed by atoms with Crippen LogP contribution in [0.15, 0.2) is 66.2 Å². The van der Waals surface area contributed by atoms with Gasteiger partial charge in [0.25, 0.3) is 0 Å². The van der Waals surface area contributed by atoms with Gasteiger partial charge in [-0.1, -0.05) is 74.4 Å². The normalized spacial score (nSPS) is 16.9. The summed E-state index contributed by atoms with van der Waals surface area (Å²) in [6, 6.07) is 16.4. The summed E-state index contributed by atoms with van der Waals surface area (Å²) >= 11 is 0. The average molecular weight is 520 g/mol. The van der Waals surface area contributed by atoms with E-state index in [1.807, 2.05) is 0 Å². The lowest BCUT2D eigenvalue weighted by Gasteiger charge is -2.27. The van der Waals surface area contributed by atoms with Crippen molar-refractivity contribution in [3.05, 3.63) is 82.9 Å². The van der Waals surface area contributed by atoms with Gasteiger partial charge in [0.1, 0.15) is 0 Å². The molecule has 3 rings (SSSR count). The molecule has 1 fully saturated rings. The Morgan fingerprint density at radius 2 is 1.68 bits per heavy atom. The van der Waals surface area contributed by atoms with Gasteiger partial charge in [-0.05, 0) is 68.1 Å². The summed E-state index contributed by atoms with van der Waals surface area (Å²) in [7, 11) is 0. The lowest BCUT2D eigenvalue weighted by atomic mass is 9.79. The van der Waals surface area contributed by atoms with Crippen LogP contribution in [0.2, 0.25) is 0 Å². The minimum Gasteiger partial charge on any atom is -0.463 e. The Labute approximate surface area is 219 Å². The van der Waals surface area contributed by atoms with Crippen molar-refractivity contribution in [1.82, 2.24) is 0 Å². The monoisotopic (exact) mass is 519 g/mol. The van der Waals surface area contributed by atoms with Crippen LogP contribution in [0.5, 0.6) is 0 Å². The molecule has 2 aromatic carbocycles. The predicted molar refractivity (Wildman–Crippen MR) is 142 cm³/mol. The molecule has 0 aliphatic heterocycles. The van der Waals surface area contributed by atoms with Crippen molar-refractivity contribution in [2.24, 2.45) is 11.7 Å². The molecule has 2 unspecified atom stereocenters. The van der Waals surface area contributed by atoms with E-state index in [0.717, 1.165) is 30.4 Å². The van der Waals surface area contributed by atoms with Crippen LogP contribution in [0, 0.1) is 5.92 Å². The fourth-order valence-electron chi connectivity index (χ4n) is 4.12. The zero-order chi connectivity index (χ0) is 27.8. The first-order chi connectivity index (χ1) is 17.5. The molecule has 2 N–H and O–H groups in total. The van der Waals surface area contributed by atoms with E-state index in [0.29, 0.717) is 25.0 Å². The summed E-state index contributed by atoms with van der Waals surface area (Å²) in [6.07, 6.45) is 2.28. The second-order valence-electron chi connectivity index (χ2n) is 9.25. The second kappa shape index (κ2) is 16.6. The SMILES string of the molecule is CC(N)=O.CCC(C)Cc1ccccc1.CCOC(=O)/C=C1/CCCC(c2ccccc2C(F)(F)F)C1. The molecular formula is C30H40F3NO3. The average Bonchev–Trinajstić information content (AvgIpc) is 2.84. The summed E-state index contributed by atoms with van der Waals surface area (Å²) < 4.78 is 44.2. The van der Waals surface area contributed by atoms with Gasteiger partial charge in [-0.25, -0.2) is 4.79 Å². The quantitative estimate of drug-likeness (QED) is 0.315. The maximum Gasteiger partial charge on any atom is 0.416 e. The minimum absolute atomic E-state index is 0.202. The van der Waals surface area contributed by atoms with E-state index in [2.05, 4.69) is 49.9 Å². The highest BCUT2D eigenvalue weighted by molar-refractivity contribution is 5.82. The van der Waals surface area contributed by atoms with Gasteiger partial charge < -0.3 is 10.5 Å². The van der Waals surface area contributed by atoms with Crippen molar-refractivity contribution in [1.29, 1.82) is 0 Å². The predicted octanol–water partition coefficient (Wildman–Crippen LogP) is 7.62. The zero-order valence-corrected chi connectivity index (χ0v) is 22.3. The summed E-state index contributed by atoms with van der Waals surface area (Å²) in [5.74, 6) is -0.132. The van der Waals surface area contributed by atoms with Gasteiger partial charge in [-0.2, -0.15) is 13.2 Å². The van der Waals surface area contributed by atoms with Crippen molar-refractivity contribution < 1.29 is 27.5 Å². The van der Waals surface area contributed by atoms with E-state index < -0.39 is 17.7 Å². The molecular weight excluding hydrogens is 479 g/mol. The van der Waals surface area contributed by atoms with Gasteiger partial charge in [0.2, 0.25) is 5.91 Å². The third-order valence-corrected chi connectivity index (χ3v) is 6.00. The third kappa shape index (κ3) is 13.1. The third-order valence-electron chi connectivity index (χ3n) is 6.00. The number of hydrogen-bond donors (Lipinski definition) is 1. The Kier molecular flexibility index (Phi) is 14.3. The summed E-state index contributed by atoms with van der Waals surface area (Å²) in [6.45, 7) is 7.86. The summed E-state index contributed by atoms with van der Waals surface area (Å²) in [5.41, 5.74) is 6.55. The van der Waals surface area contributed by atoms with Gasteiger partial charge in [-0.3, -0.25) is 4.79 Å². The van der Waals surface area contributed by atoms with Gasteiger partial charge in [0.15, 0.2) is 0 Å². The molecule has 0 spiro atoms. The van der Waals surface area contributed by atoms with E-state index in [-0.39, 0.29) is 11.8 Å². The number of alkyl halides is 3. The summed E-state index contributed by atoms with van der Waals surface area (Å²) in [4.78, 5) is 20.7. The molecule has 1 aliphatic rings. The Balaban J connectivity index is 0.000000379. The number of carbonyl (C=O) groups is 2. The number of esters is 1.